The van der Waals surface area contributed by atoms with Gasteiger partial charge in [0.15, 0.2) is 5.69 Å². The molecule has 110 valence electrons. The first kappa shape index (κ1) is 14.8. The van der Waals surface area contributed by atoms with Gasteiger partial charge in [0.2, 0.25) is 0 Å². The summed E-state index contributed by atoms with van der Waals surface area (Å²) >= 11 is 0. The number of hydrogen-bond donors (Lipinski definition) is 1. The quantitative estimate of drug-likeness (QED) is 0.844. The molecule has 2 rings (SSSR count). The zero-order chi connectivity index (χ0) is 15.3. The molecule has 1 atom stereocenters. The molecule has 21 heavy (non-hydrogen) atoms. The van der Waals surface area contributed by atoms with E-state index in [9.17, 15) is 9.59 Å². The number of ether oxygens (including phenoxy) is 1. The average molecular weight is 288 g/mol. The van der Waals surface area contributed by atoms with Gasteiger partial charge in [0.05, 0.1) is 7.11 Å². The third kappa shape index (κ3) is 3.10. The molecule has 0 bridgehead atoms. The molecular weight excluding hydrogens is 272 g/mol. The van der Waals surface area contributed by atoms with E-state index in [1.807, 2.05) is 30.3 Å². The van der Waals surface area contributed by atoms with Gasteiger partial charge < -0.3 is 14.6 Å². The molecule has 0 saturated carbocycles. The SMILES string of the molecule is COC(=O)[C@@](C)(CNC(=O)c1ccon1)c1ccccc1. The largest absolute Gasteiger partial charge is 0.468 e. The molecule has 1 amide bonds. The zero-order valence-corrected chi connectivity index (χ0v) is 11.8. The molecule has 0 fully saturated rings. The van der Waals surface area contributed by atoms with Gasteiger partial charge in [-0.25, -0.2) is 0 Å². The van der Waals surface area contributed by atoms with E-state index in [4.69, 9.17) is 4.74 Å². The van der Waals surface area contributed by atoms with Gasteiger partial charge in [-0.05, 0) is 12.5 Å². The van der Waals surface area contributed by atoms with Crippen LogP contribution in [0.4, 0.5) is 0 Å². The van der Waals surface area contributed by atoms with Crippen LogP contribution in [-0.4, -0.2) is 30.7 Å². The van der Waals surface area contributed by atoms with Crippen molar-refractivity contribution in [3.8, 4) is 0 Å². The Morgan fingerprint density at radius 1 is 1.29 bits per heavy atom. The fraction of sp³-hybridized carbons (Fsp3) is 0.267. The van der Waals surface area contributed by atoms with Crippen LogP contribution in [0.3, 0.4) is 0 Å². The molecule has 0 aliphatic rings. The van der Waals surface area contributed by atoms with Crippen molar-refractivity contribution in [1.82, 2.24) is 10.5 Å². The van der Waals surface area contributed by atoms with E-state index in [1.54, 1.807) is 6.92 Å². The molecule has 1 aromatic carbocycles. The molecular formula is C15H16N2O4. The van der Waals surface area contributed by atoms with E-state index < -0.39 is 17.3 Å². The van der Waals surface area contributed by atoms with Crippen molar-refractivity contribution in [3.63, 3.8) is 0 Å². The summed E-state index contributed by atoms with van der Waals surface area (Å²) in [6.45, 7) is 1.81. The minimum atomic E-state index is -0.977. The van der Waals surface area contributed by atoms with Gasteiger partial charge in [0, 0.05) is 12.6 Å². The van der Waals surface area contributed by atoms with Crippen LogP contribution in [0.25, 0.3) is 0 Å². The normalized spacial score (nSPS) is 13.2. The number of benzene rings is 1. The van der Waals surface area contributed by atoms with E-state index in [-0.39, 0.29) is 12.2 Å². The second-order valence-electron chi connectivity index (χ2n) is 4.76. The summed E-state index contributed by atoms with van der Waals surface area (Å²) in [5, 5.41) is 6.23. The average Bonchev–Trinajstić information content (AvgIpc) is 3.06. The third-order valence-corrected chi connectivity index (χ3v) is 3.32. The van der Waals surface area contributed by atoms with Crippen molar-refractivity contribution < 1.29 is 18.8 Å². The van der Waals surface area contributed by atoms with Crippen LogP contribution in [0.1, 0.15) is 23.0 Å². The van der Waals surface area contributed by atoms with Crippen molar-refractivity contribution in [2.75, 3.05) is 13.7 Å². The summed E-state index contributed by atoms with van der Waals surface area (Å²) in [6, 6.07) is 10.6. The highest BCUT2D eigenvalue weighted by Crippen LogP contribution is 2.24. The van der Waals surface area contributed by atoms with Crippen molar-refractivity contribution in [1.29, 1.82) is 0 Å². The standard InChI is InChI=1S/C15H16N2O4/c1-15(14(19)20-2,11-6-4-3-5-7-11)10-16-13(18)12-8-9-21-17-12/h3-9H,10H2,1-2H3,(H,16,18)/t15-/m0/s1. The van der Waals surface area contributed by atoms with Crippen LogP contribution in [0.2, 0.25) is 0 Å². The predicted molar refractivity (Wildman–Crippen MR) is 74.6 cm³/mol. The lowest BCUT2D eigenvalue weighted by molar-refractivity contribution is -0.146. The lowest BCUT2D eigenvalue weighted by Crippen LogP contribution is -2.45. The second kappa shape index (κ2) is 6.21. The molecule has 2 aromatic rings. The van der Waals surface area contributed by atoms with Crippen molar-refractivity contribution >= 4 is 11.9 Å². The number of nitrogens with one attached hydrogen (secondary N) is 1. The van der Waals surface area contributed by atoms with Gasteiger partial charge in [-0.15, -0.1) is 0 Å². The Kier molecular flexibility index (Phi) is 4.37. The first-order valence-electron chi connectivity index (χ1n) is 6.40. The first-order chi connectivity index (χ1) is 10.1. The number of hydrogen-bond acceptors (Lipinski definition) is 5. The summed E-state index contributed by atoms with van der Waals surface area (Å²) in [5.74, 6) is -0.830. The van der Waals surface area contributed by atoms with Crippen molar-refractivity contribution in [2.45, 2.75) is 12.3 Å². The number of esters is 1. The number of aromatic nitrogens is 1. The van der Waals surface area contributed by atoms with Crippen LogP contribution < -0.4 is 5.32 Å². The molecule has 0 unspecified atom stereocenters. The van der Waals surface area contributed by atoms with E-state index in [0.29, 0.717) is 0 Å². The lowest BCUT2D eigenvalue weighted by atomic mass is 9.82. The summed E-state index contributed by atoms with van der Waals surface area (Å²) in [6.07, 6.45) is 1.31. The smallest absolute Gasteiger partial charge is 0.317 e. The molecule has 6 nitrogen and oxygen atoms in total. The predicted octanol–water partition coefficient (Wildman–Crippen LogP) is 1.54. The maximum absolute atomic E-state index is 12.1. The molecule has 0 saturated heterocycles. The molecule has 0 radical (unpaired) electrons. The highest BCUT2D eigenvalue weighted by molar-refractivity contribution is 5.93. The summed E-state index contributed by atoms with van der Waals surface area (Å²) < 4.78 is 9.49. The molecule has 0 spiro atoms. The lowest BCUT2D eigenvalue weighted by Gasteiger charge is -2.27. The molecule has 0 aliphatic carbocycles. The summed E-state index contributed by atoms with van der Waals surface area (Å²) in [5.41, 5.74) is -0.0531. The highest BCUT2D eigenvalue weighted by Gasteiger charge is 2.37. The minimum Gasteiger partial charge on any atom is -0.468 e. The topological polar surface area (TPSA) is 81.4 Å². The Morgan fingerprint density at radius 2 is 2.00 bits per heavy atom. The van der Waals surface area contributed by atoms with Gasteiger partial charge in [0.25, 0.3) is 5.91 Å². The van der Waals surface area contributed by atoms with Crippen LogP contribution in [0.15, 0.2) is 47.2 Å². The summed E-state index contributed by atoms with van der Waals surface area (Å²) in [7, 11) is 1.32. The van der Waals surface area contributed by atoms with Crippen molar-refractivity contribution in [3.05, 3.63) is 53.9 Å². The molecule has 1 heterocycles. The van der Waals surface area contributed by atoms with Crippen LogP contribution >= 0.6 is 0 Å². The van der Waals surface area contributed by atoms with E-state index in [1.165, 1.54) is 19.4 Å². The molecule has 1 aromatic heterocycles. The fourth-order valence-electron chi connectivity index (χ4n) is 2.00. The Hall–Kier alpha value is -2.63. The number of nitrogens with zero attached hydrogens (tertiary/aromatic N) is 1. The Balaban J connectivity index is 2.18. The third-order valence-electron chi connectivity index (χ3n) is 3.32. The fourth-order valence-corrected chi connectivity index (χ4v) is 2.00. The number of carbonyl (C=O) groups is 2. The van der Waals surface area contributed by atoms with Gasteiger partial charge in [-0.2, -0.15) is 0 Å². The first-order valence-corrected chi connectivity index (χ1v) is 6.40. The highest BCUT2D eigenvalue weighted by atomic mass is 16.5. The van der Waals surface area contributed by atoms with Crippen LogP contribution in [-0.2, 0) is 14.9 Å². The Bertz CT molecular complexity index is 610. The van der Waals surface area contributed by atoms with E-state index in [2.05, 4.69) is 15.0 Å². The zero-order valence-electron chi connectivity index (χ0n) is 11.8. The van der Waals surface area contributed by atoms with E-state index >= 15 is 0 Å². The molecule has 0 aliphatic heterocycles. The maximum Gasteiger partial charge on any atom is 0.317 e. The number of methoxy groups -OCH3 is 1. The number of rotatable bonds is 5. The van der Waals surface area contributed by atoms with E-state index in [0.717, 1.165) is 5.56 Å². The monoisotopic (exact) mass is 288 g/mol. The Morgan fingerprint density at radius 3 is 2.57 bits per heavy atom. The van der Waals surface area contributed by atoms with Gasteiger partial charge >= 0.3 is 5.97 Å². The summed E-state index contributed by atoms with van der Waals surface area (Å²) in [4.78, 5) is 24.0. The van der Waals surface area contributed by atoms with Crippen LogP contribution in [0.5, 0.6) is 0 Å². The second-order valence-corrected chi connectivity index (χ2v) is 4.76. The van der Waals surface area contributed by atoms with Gasteiger partial charge in [0.1, 0.15) is 11.7 Å². The number of carbonyl (C=O) groups excluding carboxylic acids is 2. The van der Waals surface area contributed by atoms with Gasteiger partial charge in [-0.1, -0.05) is 35.5 Å². The van der Waals surface area contributed by atoms with Crippen LogP contribution in [0, 0.1) is 0 Å². The maximum atomic E-state index is 12.1. The Labute approximate surface area is 122 Å². The minimum absolute atomic E-state index is 0.0926. The van der Waals surface area contributed by atoms with Crippen molar-refractivity contribution in [2.24, 2.45) is 0 Å². The molecule has 6 heteroatoms. The molecule has 1 N–H and O–H groups in total. The number of amides is 1. The van der Waals surface area contributed by atoms with Gasteiger partial charge in [-0.3, -0.25) is 9.59 Å².